The number of rotatable bonds is 5. The summed E-state index contributed by atoms with van der Waals surface area (Å²) in [5.41, 5.74) is 0.330. The Kier molecular flexibility index (Phi) is 6.07. The van der Waals surface area contributed by atoms with Crippen molar-refractivity contribution in [3.8, 4) is 11.8 Å². The molecular formula is C18H20N4O4. The van der Waals surface area contributed by atoms with Gasteiger partial charge in [-0.2, -0.15) is 10.4 Å². The zero-order chi connectivity index (χ0) is 19.2. The predicted octanol–water partition coefficient (Wildman–Crippen LogP) is 4.23. The van der Waals surface area contributed by atoms with Gasteiger partial charge in [0.25, 0.3) is 0 Å². The summed E-state index contributed by atoms with van der Waals surface area (Å²) in [6.45, 7) is 5.21. The second kappa shape index (κ2) is 8.25. The second-order valence-corrected chi connectivity index (χ2v) is 6.44. The minimum Gasteiger partial charge on any atom is -0.497 e. The first kappa shape index (κ1) is 19.1. The van der Waals surface area contributed by atoms with Crippen LogP contribution < -0.4 is 4.74 Å². The molecule has 136 valence electrons. The fourth-order valence-electron chi connectivity index (χ4n) is 2.15. The number of amides is 1. The highest BCUT2D eigenvalue weighted by Gasteiger charge is 2.22. The van der Waals surface area contributed by atoms with Crippen LogP contribution in [0.4, 0.5) is 4.79 Å². The Hall–Kier alpha value is -3.21. The summed E-state index contributed by atoms with van der Waals surface area (Å²) in [6.07, 6.45) is 0.716. The lowest BCUT2D eigenvalue weighted by Crippen LogP contribution is -2.21. The third kappa shape index (κ3) is 5.41. The van der Waals surface area contributed by atoms with Gasteiger partial charge in [0, 0.05) is 6.42 Å². The van der Waals surface area contributed by atoms with Gasteiger partial charge in [0.1, 0.15) is 23.5 Å². The number of oxazole rings is 1. The third-order valence-corrected chi connectivity index (χ3v) is 3.26. The van der Waals surface area contributed by atoms with Gasteiger partial charge in [-0.1, -0.05) is 17.2 Å². The van der Waals surface area contributed by atoms with Crippen LogP contribution in [-0.2, 0) is 11.2 Å². The first-order valence-electron chi connectivity index (χ1n) is 7.92. The summed E-state index contributed by atoms with van der Waals surface area (Å²) < 4.78 is 15.6. The van der Waals surface area contributed by atoms with Crippen molar-refractivity contribution in [2.24, 2.45) is 10.2 Å². The van der Waals surface area contributed by atoms with Crippen LogP contribution in [0, 0.1) is 11.3 Å². The molecule has 8 nitrogen and oxygen atoms in total. The van der Waals surface area contributed by atoms with E-state index in [9.17, 15) is 4.79 Å². The van der Waals surface area contributed by atoms with E-state index in [0.717, 1.165) is 17.7 Å². The van der Waals surface area contributed by atoms with E-state index in [1.807, 2.05) is 30.3 Å². The molecule has 1 aromatic carbocycles. The minimum atomic E-state index is -0.810. The van der Waals surface area contributed by atoms with Gasteiger partial charge in [-0.3, -0.25) is 0 Å². The molecule has 0 N–H and O–H groups in total. The molecule has 1 heterocycles. The maximum absolute atomic E-state index is 11.8. The van der Waals surface area contributed by atoms with Gasteiger partial charge in [0.05, 0.1) is 7.11 Å². The molecule has 2 aromatic rings. The number of azo groups is 1. The van der Waals surface area contributed by atoms with Crippen LogP contribution in [0.2, 0.25) is 0 Å². The number of benzene rings is 1. The number of nitriles is 1. The lowest BCUT2D eigenvalue weighted by molar-refractivity contribution is 0.0587. The summed E-state index contributed by atoms with van der Waals surface area (Å²) in [5, 5.41) is 16.8. The Morgan fingerprint density at radius 2 is 2.04 bits per heavy atom. The maximum atomic E-state index is 11.8. The summed E-state index contributed by atoms with van der Waals surface area (Å²) in [7, 11) is 1.58. The van der Waals surface area contributed by atoms with Crippen molar-refractivity contribution in [2.75, 3.05) is 7.11 Å². The molecule has 8 heteroatoms. The van der Waals surface area contributed by atoms with Gasteiger partial charge >= 0.3 is 6.09 Å². The van der Waals surface area contributed by atoms with E-state index in [-0.39, 0.29) is 11.5 Å². The van der Waals surface area contributed by atoms with Gasteiger partial charge in [0.15, 0.2) is 17.8 Å². The molecule has 2 rings (SSSR count). The van der Waals surface area contributed by atoms with Crippen molar-refractivity contribution in [3.05, 3.63) is 47.7 Å². The average molecular weight is 356 g/mol. The van der Waals surface area contributed by atoms with Crippen molar-refractivity contribution in [1.29, 1.82) is 5.26 Å². The molecule has 0 aliphatic carbocycles. The van der Waals surface area contributed by atoms with Gasteiger partial charge < -0.3 is 13.9 Å². The minimum absolute atomic E-state index is 0.103. The SMILES string of the molecule is COc1ccc(C[C@H](N=NC(=O)OC(C)(C)C)c2ocnc2C#N)cc1. The Morgan fingerprint density at radius 1 is 1.35 bits per heavy atom. The van der Waals surface area contributed by atoms with E-state index < -0.39 is 17.7 Å². The van der Waals surface area contributed by atoms with Gasteiger partial charge in [0.2, 0.25) is 0 Å². The van der Waals surface area contributed by atoms with E-state index in [1.54, 1.807) is 27.9 Å². The average Bonchev–Trinajstić information content (AvgIpc) is 3.06. The molecule has 0 unspecified atom stereocenters. The van der Waals surface area contributed by atoms with Gasteiger partial charge in [-0.05, 0) is 38.5 Å². The van der Waals surface area contributed by atoms with E-state index in [1.165, 1.54) is 0 Å². The summed E-state index contributed by atoms with van der Waals surface area (Å²) >= 11 is 0. The van der Waals surface area contributed by atoms with Crippen LogP contribution in [0.25, 0.3) is 0 Å². The molecule has 0 aliphatic rings. The number of nitrogens with zero attached hydrogens (tertiary/aromatic N) is 4. The number of hydrogen-bond acceptors (Lipinski definition) is 7. The van der Waals surface area contributed by atoms with Crippen molar-refractivity contribution >= 4 is 6.09 Å². The maximum Gasteiger partial charge on any atom is 0.452 e. The number of ether oxygens (including phenoxy) is 2. The molecule has 0 saturated carbocycles. The van der Waals surface area contributed by atoms with Gasteiger partial charge in [-0.15, -0.1) is 0 Å². The first-order chi connectivity index (χ1) is 12.3. The van der Waals surface area contributed by atoms with Crippen molar-refractivity contribution in [2.45, 2.75) is 38.8 Å². The molecule has 26 heavy (non-hydrogen) atoms. The van der Waals surface area contributed by atoms with Crippen molar-refractivity contribution < 1.29 is 18.7 Å². The molecular weight excluding hydrogens is 336 g/mol. The molecule has 1 amide bonds. The van der Waals surface area contributed by atoms with Crippen LogP contribution in [0.1, 0.15) is 43.8 Å². The number of carbonyl (C=O) groups excluding carboxylic acids is 1. The molecule has 0 radical (unpaired) electrons. The molecule has 0 saturated heterocycles. The Morgan fingerprint density at radius 3 is 2.62 bits per heavy atom. The van der Waals surface area contributed by atoms with Crippen molar-refractivity contribution in [1.82, 2.24) is 4.98 Å². The summed E-state index contributed by atoms with van der Waals surface area (Å²) in [5.74, 6) is 0.966. The second-order valence-electron chi connectivity index (χ2n) is 6.44. The van der Waals surface area contributed by atoms with E-state index >= 15 is 0 Å². The fourth-order valence-corrected chi connectivity index (χ4v) is 2.15. The highest BCUT2D eigenvalue weighted by atomic mass is 16.6. The Balaban J connectivity index is 2.24. The number of carbonyl (C=O) groups is 1. The van der Waals surface area contributed by atoms with E-state index in [0.29, 0.717) is 6.42 Å². The Bertz CT molecular complexity index is 813. The highest BCUT2D eigenvalue weighted by molar-refractivity contribution is 5.67. The standard InChI is InChI=1S/C18H20N4O4/c1-18(2,3)26-17(23)22-21-14(16-15(10-19)20-11-25-16)9-12-5-7-13(24-4)8-6-12/h5-8,11,14H,9H2,1-4H3/t14-/m0/s1. The van der Waals surface area contributed by atoms with Crippen LogP contribution in [0.15, 0.2) is 45.3 Å². The number of methoxy groups -OCH3 is 1. The Labute approximate surface area is 151 Å². The topological polar surface area (TPSA) is 110 Å². The smallest absolute Gasteiger partial charge is 0.452 e. The van der Waals surface area contributed by atoms with Crippen molar-refractivity contribution in [3.63, 3.8) is 0 Å². The fraction of sp³-hybridized carbons (Fsp3) is 0.389. The monoisotopic (exact) mass is 356 g/mol. The number of hydrogen-bond donors (Lipinski definition) is 0. The summed E-state index contributed by atoms with van der Waals surface area (Å²) in [6, 6.07) is 8.59. The lowest BCUT2D eigenvalue weighted by Gasteiger charge is -2.17. The summed E-state index contributed by atoms with van der Waals surface area (Å²) in [4.78, 5) is 15.7. The van der Waals surface area contributed by atoms with E-state index in [4.69, 9.17) is 19.2 Å². The molecule has 0 spiro atoms. The zero-order valence-electron chi connectivity index (χ0n) is 15.1. The van der Waals surface area contributed by atoms with Crippen LogP contribution >= 0.6 is 0 Å². The third-order valence-electron chi connectivity index (χ3n) is 3.26. The van der Waals surface area contributed by atoms with Crippen LogP contribution in [0.3, 0.4) is 0 Å². The quantitative estimate of drug-likeness (QED) is 0.741. The van der Waals surface area contributed by atoms with Gasteiger partial charge in [-0.25, -0.2) is 9.78 Å². The lowest BCUT2D eigenvalue weighted by atomic mass is 10.0. The molecule has 0 aliphatic heterocycles. The molecule has 1 atom stereocenters. The highest BCUT2D eigenvalue weighted by Crippen LogP contribution is 2.26. The van der Waals surface area contributed by atoms with Crippen LogP contribution in [-0.4, -0.2) is 23.8 Å². The van der Waals surface area contributed by atoms with Crippen LogP contribution in [0.5, 0.6) is 5.75 Å². The first-order valence-corrected chi connectivity index (χ1v) is 7.92. The predicted molar refractivity (Wildman–Crippen MR) is 91.7 cm³/mol. The van der Waals surface area contributed by atoms with E-state index in [2.05, 4.69) is 15.2 Å². The number of aromatic nitrogens is 1. The zero-order valence-corrected chi connectivity index (χ0v) is 15.1. The molecule has 0 fully saturated rings. The largest absolute Gasteiger partial charge is 0.497 e. The molecule has 1 aromatic heterocycles. The molecule has 0 bridgehead atoms. The normalized spacial score (nSPS) is 12.6.